The zero-order valence-corrected chi connectivity index (χ0v) is 12.3. The van der Waals surface area contributed by atoms with Crippen molar-refractivity contribution in [3.8, 4) is 22.6 Å². The Kier molecular flexibility index (Phi) is 3.47. The molecule has 0 spiro atoms. The number of hydrogen-bond donors (Lipinski definition) is 1. The number of carbonyl (C=O) groups is 1. The minimum atomic E-state index is -0.435. The third-order valence-electron chi connectivity index (χ3n) is 3.49. The molecule has 2 aromatic carbocycles. The number of aromatic nitrogens is 2. The van der Waals surface area contributed by atoms with E-state index in [0.29, 0.717) is 17.3 Å². The van der Waals surface area contributed by atoms with E-state index in [4.69, 9.17) is 10.3 Å². The molecule has 3 rings (SSSR count). The van der Waals surface area contributed by atoms with Gasteiger partial charge in [0, 0.05) is 11.1 Å². The lowest BCUT2D eigenvalue weighted by atomic mass is 9.94. The third kappa shape index (κ3) is 2.48. The normalized spacial score (nSPS) is 10.6. The molecule has 0 bridgehead atoms. The fourth-order valence-electron chi connectivity index (χ4n) is 2.45. The molecule has 0 radical (unpaired) electrons. The monoisotopic (exact) mass is 293 g/mol. The Morgan fingerprint density at radius 2 is 1.73 bits per heavy atom. The third-order valence-corrected chi connectivity index (χ3v) is 3.49. The number of carbonyl (C=O) groups excluding carboxylic acids is 1. The molecule has 0 aliphatic carbocycles. The second-order valence-corrected chi connectivity index (χ2v) is 5.09. The van der Waals surface area contributed by atoms with Gasteiger partial charge in [0.05, 0.1) is 0 Å². The van der Waals surface area contributed by atoms with Gasteiger partial charge in [0.1, 0.15) is 0 Å². The summed E-state index contributed by atoms with van der Waals surface area (Å²) in [5.74, 6) is 0.633. The van der Waals surface area contributed by atoms with Crippen molar-refractivity contribution in [1.29, 1.82) is 0 Å². The molecule has 1 aromatic heterocycles. The molecule has 0 aliphatic heterocycles. The van der Waals surface area contributed by atoms with E-state index in [0.717, 1.165) is 22.3 Å². The quantitative estimate of drug-likeness (QED) is 0.804. The first-order valence-corrected chi connectivity index (χ1v) is 6.87. The molecule has 110 valence electrons. The van der Waals surface area contributed by atoms with Crippen LogP contribution >= 0.6 is 0 Å². The summed E-state index contributed by atoms with van der Waals surface area (Å²) in [6.07, 6.45) is 0. The topological polar surface area (TPSA) is 82.0 Å². The highest BCUT2D eigenvalue weighted by molar-refractivity contribution is 6.00. The maximum atomic E-state index is 11.6. The lowest BCUT2D eigenvalue weighted by Crippen LogP contribution is -2.12. The van der Waals surface area contributed by atoms with Crippen LogP contribution in [0.25, 0.3) is 22.6 Å². The number of hydrogen-bond acceptors (Lipinski definition) is 4. The number of rotatable bonds is 3. The van der Waals surface area contributed by atoms with Crippen LogP contribution in [-0.4, -0.2) is 16.0 Å². The molecule has 22 heavy (non-hydrogen) atoms. The average Bonchev–Trinajstić information content (AvgIpc) is 2.94. The smallest absolute Gasteiger partial charge is 0.257 e. The Morgan fingerprint density at radius 1 is 1.05 bits per heavy atom. The van der Waals surface area contributed by atoms with Gasteiger partial charge in [0.2, 0.25) is 5.91 Å². The number of amides is 1. The number of benzene rings is 2. The van der Waals surface area contributed by atoms with E-state index >= 15 is 0 Å². The predicted molar refractivity (Wildman–Crippen MR) is 83.2 cm³/mol. The number of aryl methyl sites for hydroxylation is 2. The van der Waals surface area contributed by atoms with E-state index in [9.17, 15) is 4.79 Å². The summed E-state index contributed by atoms with van der Waals surface area (Å²) in [5, 5.41) is 3.78. The Labute approximate surface area is 127 Å². The van der Waals surface area contributed by atoms with Crippen LogP contribution in [0.5, 0.6) is 0 Å². The van der Waals surface area contributed by atoms with Crippen molar-refractivity contribution in [2.45, 2.75) is 13.8 Å². The van der Waals surface area contributed by atoms with Crippen molar-refractivity contribution < 1.29 is 9.32 Å². The van der Waals surface area contributed by atoms with Gasteiger partial charge in [-0.2, -0.15) is 4.98 Å². The summed E-state index contributed by atoms with van der Waals surface area (Å²) >= 11 is 0. The first-order valence-electron chi connectivity index (χ1n) is 6.87. The van der Waals surface area contributed by atoms with Crippen molar-refractivity contribution in [1.82, 2.24) is 10.1 Å². The summed E-state index contributed by atoms with van der Waals surface area (Å²) in [6.45, 7) is 3.73. The van der Waals surface area contributed by atoms with Crippen LogP contribution in [0.15, 0.2) is 47.0 Å². The van der Waals surface area contributed by atoms with Crippen LogP contribution in [-0.2, 0) is 0 Å². The Morgan fingerprint density at radius 3 is 2.32 bits per heavy atom. The van der Waals surface area contributed by atoms with Gasteiger partial charge in [-0.15, -0.1) is 0 Å². The molecule has 0 saturated heterocycles. The minimum absolute atomic E-state index is 0.435. The molecule has 5 nitrogen and oxygen atoms in total. The average molecular weight is 293 g/mol. The van der Waals surface area contributed by atoms with Gasteiger partial charge >= 0.3 is 0 Å². The van der Waals surface area contributed by atoms with E-state index < -0.39 is 5.91 Å². The second-order valence-electron chi connectivity index (χ2n) is 5.09. The molecule has 0 saturated carbocycles. The Hall–Kier alpha value is -2.95. The van der Waals surface area contributed by atoms with Crippen LogP contribution in [0.4, 0.5) is 0 Å². The molecule has 5 heteroatoms. The van der Waals surface area contributed by atoms with Crippen molar-refractivity contribution in [3.05, 3.63) is 59.4 Å². The highest BCUT2D eigenvalue weighted by atomic mass is 16.5. The molecule has 3 aromatic rings. The zero-order valence-electron chi connectivity index (χ0n) is 12.3. The van der Waals surface area contributed by atoms with Crippen molar-refractivity contribution in [2.24, 2.45) is 5.73 Å². The molecule has 1 heterocycles. The van der Waals surface area contributed by atoms with Gasteiger partial charge in [-0.1, -0.05) is 29.4 Å². The van der Waals surface area contributed by atoms with Gasteiger partial charge in [0.25, 0.3) is 5.89 Å². The van der Waals surface area contributed by atoms with Crippen LogP contribution in [0.3, 0.4) is 0 Å². The maximum Gasteiger partial charge on any atom is 0.257 e. The molecule has 2 N–H and O–H groups in total. The summed E-state index contributed by atoms with van der Waals surface area (Å²) in [5.41, 5.74) is 9.59. The van der Waals surface area contributed by atoms with E-state index in [1.165, 1.54) is 0 Å². The van der Waals surface area contributed by atoms with Crippen LogP contribution in [0.1, 0.15) is 21.7 Å². The summed E-state index contributed by atoms with van der Waals surface area (Å²) in [4.78, 5) is 15.8. The Bertz CT molecular complexity index is 835. The first-order chi connectivity index (χ1) is 10.6. The fraction of sp³-hybridized carbons (Fsp3) is 0.118. The van der Waals surface area contributed by atoms with E-state index in [-0.39, 0.29) is 0 Å². The summed E-state index contributed by atoms with van der Waals surface area (Å²) < 4.78 is 5.15. The summed E-state index contributed by atoms with van der Waals surface area (Å²) in [7, 11) is 0. The number of primary amides is 1. The van der Waals surface area contributed by atoms with Gasteiger partial charge in [-0.25, -0.2) is 0 Å². The van der Waals surface area contributed by atoms with Crippen LogP contribution in [0, 0.1) is 13.8 Å². The molecule has 0 unspecified atom stereocenters. The Balaban J connectivity index is 2.06. The van der Waals surface area contributed by atoms with Crippen molar-refractivity contribution in [3.63, 3.8) is 0 Å². The van der Waals surface area contributed by atoms with E-state index in [1.807, 2.05) is 43.3 Å². The molecule has 0 atom stereocenters. The van der Waals surface area contributed by atoms with E-state index in [2.05, 4.69) is 10.1 Å². The second kappa shape index (κ2) is 5.44. The maximum absolute atomic E-state index is 11.6. The SMILES string of the molecule is Cc1noc(-c2ccc(-c3c(C)cccc3C(N)=O)cc2)n1. The highest BCUT2D eigenvalue weighted by Gasteiger charge is 2.13. The van der Waals surface area contributed by atoms with E-state index in [1.54, 1.807) is 13.0 Å². The molecule has 0 aliphatic rings. The zero-order chi connectivity index (χ0) is 15.7. The predicted octanol–water partition coefficient (Wildman–Crippen LogP) is 3.12. The van der Waals surface area contributed by atoms with Gasteiger partial charge < -0.3 is 10.3 Å². The molecular formula is C17H15N3O2. The van der Waals surface area contributed by atoms with Crippen molar-refractivity contribution >= 4 is 5.91 Å². The van der Waals surface area contributed by atoms with Crippen molar-refractivity contribution in [2.75, 3.05) is 0 Å². The minimum Gasteiger partial charge on any atom is -0.366 e. The molecule has 0 fully saturated rings. The van der Waals surface area contributed by atoms with Gasteiger partial charge in [-0.05, 0) is 48.7 Å². The van der Waals surface area contributed by atoms with Crippen LogP contribution < -0.4 is 5.73 Å². The standard InChI is InChI=1S/C17H15N3O2/c1-10-4-3-5-14(16(18)21)15(10)12-6-8-13(9-7-12)17-19-11(2)20-22-17/h3-9H,1-2H3,(H2,18,21). The lowest BCUT2D eigenvalue weighted by Gasteiger charge is -2.10. The number of nitrogens with two attached hydrogens (primary N) is 1. The lowest BCUT2D eigenvalue weighted by molar-refractivity contribution is 0.100. The molecule has 1 amide bonds. The van der Waals surface area contributed by atoms with Gasteiger partial charge in [-0.3, -0.25) is 4.79 Å². The highest BCUT2D eigenvalue weighted by Crippen LogP contribution is 2.29. The largest absolute Gasteiger partial charge is 0.366 e. The van der Waals surface area contributed by atoms with Crippen LogP contribution in [0.2, 0.25) is 0 Å². The fourth-order valence-corrected chi connectivity index (χ4v) is 2.45. The summed E-state index contributed by atoms with van der Waals surface area (Å²) in [6, 6.07) is 13.1. The van der Waals surface area contributed by atoms with Gasteiger partial charge in [0.15, 0.2) is 5.82 Å². The first kappa shape index (κ1) is 14.0. The number of nitrogens with zero attached hydrogens (tertiary/aromatic N) is 2. The molecular weight excluding hydrogens is 278 g/mol.